The van der Waals surface area contributed by atoms with E-state index in [9.17, 15) is 0 Å². The molecule has 1 nitrogen and oxygen atoms in total. The number of hydrogen-bond acceptors (Lipinski definition) is 2. The summed E-state index contributed by atoms with van der Waals surface area (Å²) in [6.07, 6.45) is 4.22. The predicted molar refractivity (Wildman–Crippen MR) is 44.0 cm³/mol. The molecule has 1 heterocycles. The molecule has 0 aromatic heterocycles. The van der Waals surface area contributed by atoms with E-state index in [0.717, 1.165) is 0 Å². The summed E-state index contributed by atoms with van der Waals surface area (Å²) in [6.45, 7) is 2.45. The van der Waals surface area contributed by atoms with E-state index >= 15 is 0 Å². The molecule has 1 fully saturated rings. The Morgan fingerprint density at radius 2 is 1.89 bits per heavy atom. The standard InChI is InChI=1S/C7H15NS/c1-2-4-8-5-7-9-6-3-1/h8H,1-7H2. The quantitative estimate of drug-likeness (QED) is 0.554. The summed E-state index contributed by atoms with van der Waals surface area (Å²) in [7, 11) is 0. The monoisotopic (exact) mass is 145 g/mol. The van der Waals surface area contributed by atoms with Crippen molar-refractivity contribution in [1.29, 1.82) is 0 Å². The molecule has 54 valence electrons. The lowest BCUT2D eigenvalue weighted by atomic mass is 10.2. The smallest absolute Gasteiger partial charge is 0.00581 e. The number of hydrogen-bond donors (Lipinski definition) is 1. The first-order valence-corrected chi connectivity index (χ1v) is 4.94. The largest absolute Gasteiger partial charge is 0.316 e. The van der Waals surface area contributed by atoms with E-state index in [1.54, 1.807) is 0 Å². The van der Waals surface area contributed by atoms with Crippen LogP contribution in [0.2, 0.25) is 0 Å². The highest BCUT2D eigenvalue weighted by Gasteiger charge is 1.94. The summed E-state index contributed by atoms with van der Waals surface area (Å²) in [5.74, 6) is 2.68. The first-order valence-electron chi connectivity index (χ1n) is 3.78. The van der Waals surface area contributed by atoms with Crippen molar-refractivity contribution in [3.63, 3.8) is 0 Å². The summed E-state index contributed by atoms with van der Waals surface area (Å²) in [5, 5.41) is 3.41. The Morgan fingerprint density at radius 3 is 2.89 bits per heavy atom. The molecule has 2 heteroatoms. The van der Waals surface area contributed by atoms with E-state index in [2.05, 4.69) is 17.1 Å². The molecule has 0 unspecified atom stereocenters. The van der Waals surface area contributed by atoms with Crippen LogP contribution < -0.4 is 5.32 Å². The third-order valence-corrected chi connectivity index (χ3v) is 2.64. The minimum Gasteiger partial charge on any atom is -0.316 e. The Bertz CT molecular complexity index is 37.4. The van der Waals surface area contributed by atoms with Crippen LogP contribution in [0.3, 0.4) is 0 Å². The maximum Gasteiger partial charge on any atom is 0.00581 e. The van der Waals surface area contributed by atoms with Crippen molar-refractivity contribution in [1.82, 2.24) is 5.32 Å². The Labute approximate surface area is 61.6 Å². The molecule has 0 aromatic carbocycles. The van der Waals surface area contributed by atoms with E-state index in [1.165, 1.54) is 43.9 Å². The summed E-state index contributed by atoms with van der Waals surface area (Å²) in [6, 6.07) is 0. The average molecular weight is 145 g/mol. The highest BCUT2D eigenvalue weighted by atomic mass is 32.2. The lowest BCUT2D eigenvalue weighted by Gasteiger charge is -1.97. The van der Waals surface area contributed by atoms with Gasteiger partial charge in [0.2, 0.25) is 0 Å². The summed E-state index contributed by atoms with van der Waals surface area (Å²) < 4.78 is 0. The molecule has 1 aliphatic rings. The second-order valence-corrected chi connectivity index (χ2v) is 3.65. The van der Waals surface area contributed by atoms with Crippen LogP contribution in [-0.2, 0) is 0 Å². The van der Waals surface area contributed by atoms with Crippen LogP contribution in [0.5, 0.6) is 0 Å². The van der Waals surface area contributed by atoms with Crippen LogP contribution in [0.25, 0.3) is 0 Å². The van der Waals surface area contributed by atoms with Crippen molar-refractivity contribution in [2.45, 2.75) is 19.3 Å². The van der Waals surface area contributed by atoms with Gasteiger partial charge in [0.1, 0.15) is 0 Å². The summed E-state index contributed by atoms with van der Waals surface area (Å²) >= 11 is 2.08. The maximum atomic E-state index is 3.41. The molecule has 1 N–H and O–H groups in total. The van der Waals surface area contributed by atoms with Crippen LogP contribution in [-0.4, -0.2) is 24.6 Å². The Morgan fingerprint density at radius 1 is 0.889 bits per heavy atom. The van der Waals surface area contributed by atoms with E-state index in [1.807, 2.05) is 0 Å². The summed E-state index contributed by atoms with van der Waals surface area (Å²) in [4.78, 5) is 0. The molecule has 0 saturated carbocycles. The molecule has 0 aromatic rings. The van der Waals surface area contributed by atoms with Gasteiger partial charge in [-0.15, -0.1) is 0 Å². The molecule has 1 aliphatic heterocycles. The van der Waals surface area contributed by atoms with Crippen LogP contribution in [0, 0.1) is 0 Å². The molecule has 9 heavy (non-hydrogen) atoms. The molecule has 0 aliphatic carbocycles. The van der Waals surface area contributed by atoms with Gasteiger partial charge in [0, 0.05) is 12.3 Å². The van der Waals surface area contributed by atoms with Crippen molar-refractivity contribution >= 4 is 11.8 Å². The van der Waals surface area contributed by atoms with Crippen molar-refractivity contribution in [2.24, 2.45) is 0 Å². The first kappa shape index (κ1) is 7.42. The van der Waals surface area contributed by atoms with Gasteiger partial charge in [-0.05, 0) is 25.1 Å². The van der Waals surface area contributed by atoms with Gasteiger partial charge in [-0.25, -0.2) is 0 Å². The molecule has 0 radical (unpaired) electrons. The van der Waals surface area contributed by atoms with Gasteiger partial charge >= 0.3 is 0 Å². The third-order valence-electron chi connectivity index (χ3n) is 1.57. The minimum atomic E-state index is 1.21. The number of rotatable bonds is 0. The van der Waals surface area contributed by atoms with Crippen molar-refractivity contribution in [2.75, 3.05) is 24.6 Å². The van der Waals surface area contributed by atoms with Crippen LogP contribution in [0.15, 0.2) is 0 Å². The van der Waals surface area contributed by atoms with Crippen molar-refractivity contribution in [3.8, 4) is 0 Å². The normalized spacial score (nSPS) is 24.0. The SMILES string of the molecule is C1CCNCCSCC1. The van der Waals surface area contributed by atoms with Gasteiger partial charge in [0.25, 0.3) is 0 Å². The third kappa shape index (κ3) is 3.82. The zero-order valence-electron chi connectivity index (χ0n) is 5.86. The number of thioether (sulfide) groups is 1. The lowest BCUT2D eigenvalue weighted by molar-refractivity contribution is 0.644. The van der Waals surface area contributed by atoms with Crippen molar-refractivity contribution in [3.05, 3.63) is 0 Å². The average Bonchev–Trinajstić information content (AvgIpc) is 2.00. The van der Waals surface area contributed by atoms with Crippen LogP contribution in [0.4, 0.5) is 0 Å². The fraction of sp³-hybridized carbons (Fsp3) is 1.00. The molecule has 1 saturated heterocycles. The minimum absolute atomic E-state index is 1.21. The highest BCUT2D eigenvalue weighted by molar-refractivity contribution is 7.99. The van der Waals surface area contributed by atoms with Gasteiger partial charge in [-0.1, -0.05) is 6.42 Å². The van der Waals surface area contributed by atoms with E-state index in [4.69, 9.17) is 0 Å². The van der Waals surface area contributed by atoms with Gasteiger partial charge in [0.05, 0.1) is 0 Å². The van der Waals surface area contributed by atoms with E-state index < -0.39 is 0 Å². The molecule has 0 spiro atoms. The van der Waals surface area contributed by atoms with Crippen molar-refractivity contribution < 1.29 is 0 Å². The second-order valence-electron chi connectivity index (χ2n) is 2.42. The van der Waals surface area contributed by atoms with Gasteiger partial charge in [0.15, 0.2) is 0 Å². The molecular weight excluding hydrogens is 130 g/mol. The highest BCUT2D eigenvalue weighted by Crippen LogP contribution is 2.06. The molecular formula is C7H15NS. The topological polar surface area (TPSA) is 12.0 Å². The Hall–Kier alpha value is 0.310. The zero-order valence-corrected chi connectivity index (χ0v) is 6.67. The predicted octanol–water partition coefficient (Wildman–Crippen LogP) is 1.49. The van der Waals surface area contributed by atoms with E-state index in [0.29, 0.717) is 0 Å². The molecule has 0 amide bonds. The van der Waals surface area contributed by atoms with Crippen LogP contribution in [0.1, 0.15) is 19.3 Å². The lowest BCUT2D eigenvalue weighted by Crippen LogP contribution is -2.17. The number of nitrogens with one attached hydrogen (secondary N) is 1. The van der Waals surface area contributed by atoms with E-state index in [-0.39, 0.29) is 0 Å². The first-order chi connectivity index (χ1) is 4.50. The van der Waals surface area contributed by atoms with Gasteiger partial charge < -0.3 is 5.32 Å². The Kier molecular flexibility index (Phi) is 4.22. The fourth-order valence-corrected chi connectivity index (χ4v) is 1.90. The second kappa shape index (κ2) is 5.12. The maximum absolute atomic E-state index is 3.41. The van der Waals surface area contributed by atoms with Gasteiger partial charge in [-0.2, -0.15) is 11.8 Å². The summed E-state index contributed by atoms with van der Waals surface area (Å²) in [5.41, 5.74) is 0. The molecule has 1 rings (SSSR count). The Balaban J connectivity index is 2.02. The molecule has 0 atom stereocenters. The van der Waals surface area contributed by atoms with Gasteiger partial charge in [-0.3, -0.25) is 0 Å². The van der Waals surface area contributed by atoms with Crippen LogP contribution >= 0.6 is 11.8 Å². The zero-order chi connectivity index (χ0) is 6.36. The fourth-order valence-electron chi connectivity index (χ4n) is 1.00. The molecule has 0 bridgehead atoms.